The zero-order valence-corrected chi connectivity index (χ0v) is 11.4. The van der Waals surface area contributed by atoms with E-state index in [0.717, 1.165) is 31.0 Å². The van der Waals surface area contributed by atoms with Gasteiger partial charge in [-0.3, -0.25) is 4.68 Å². The first-order valence-corrected chi connectivity index (χ1v) is 6.66. The van der Waals surface area contributed by atoms with Crippen molar-refractivity contribution >= 4 is 0 Å². The highest BCUT2D eigenvalue weighted by Gasteiger charge is 2.22. The summed E-state index contributed by atoms with van der Waals surface area (Å²) >= 11 is 0. The number of nitrogens with one attached hydrogen (secondary N) is 1. The first kappa shape index (κ1) is 12.2. The zero-order valence-electron chi connectivity index (χ0n) is 11.4. The molecule has 2 heterocycles. The van der Waals surface area contributed by atoms with Crippen molar-refractivity contribution in [1.29, 1.82) is 0 Å². The average Bonchev–Trinajstić information content (AvgIpc) is 2.95. The van der Waals surface area contributed by atoms with Crippen LogP contribution in [0.2, 0.25) is 0 Å². The summed E-state index contributed by atoms with van der Waals surface area (Å²) in [5.41, 5.74) is 3.68. The smallest absolute Gasteiger partial charge is 0.123 e. The van der Waals surface area contributed by atoms with Crippen LogP contribution < -0.4 is 10.1 Å². The van der Waals surface area contributed by atoms with Crippen molar-refractivity contribution in [3.8, 4) is 5.75 Å². The molecule has 1 aromatic carbocycles. The van der Waals surface area contributed by atoms with Gasteiger partial charge in [-0.2, -0.15) is 5.10 Å². The van der Waals surface area contributed by atoms with Crippen LogP contribution in [0.25, 0.3) is 0 Å². The summed E-state index contributed by atoms with van der Waals surface area (Å²) in [5.74, 6) is 1.04. The van der Waals surface area contributed by atoms with Crippen molar-refractivity contribution in [1.82, 2.24) is 15.1 Å². The maximum absolute atomic E-state index is 5.92. The summed E-state index contributed by atoms with van der Waals surface area (Å²) in [6.45, 7) is 3.76. The molecule has 4 nitrogen and oxygen atoms in total. The summed E-state index contributed by atoms with van der Waals surface area (Å²) in [5, 5.41) is 7.74. The second-order valence-corrected chi connectivity index (χ2v) is 5.17. The van der Waals surface area contributed by atoms with E-state index >= 15 is 0 Å². The fourth-order valence-corrected chi connectivity index (χ4v) is 2.48. The highest BCUT2D eigenvalue weighted by Crippen LogP contribution is 2.29. The van der Waals surface area contributed by atoms with E-state index in [-0.39, 0.29) is 6.10 Å². The Balaban J connectivity index is 1.51. The Kier molecular flexibility index (Phi) is 3.25. The van der Waals surface area contributed by atoms with E-state index in [4.69, 9.17) is 4.74 Å². The van der Waals surface area contributed by atoms with E-state index in [1.54, 1.807) is 0 Å². The van der Waals surface area contributed by atoms with Crippen molar-refractivity contribution in [2.45, 2.75) is 26.0 Å². The number of aryl methyl sites for hydroxylation is 2. The van der Waals surface area contributed by atoms with Crippen molar-refractivity contribution in [3.63, 3.8) is 0 Å². The molecular weight excluding hydrogens is 238 g/mol. The Morgan fingerprint density at radius 2 is 2.32 bits per heavy atom. The first-order chi connectivity index (χ1) is 9.20. The monoisotopic (exact) mass is 257 g/mol. The zero-order chi connectivity index (χ0) is 13.2. The van der Waals surface area contributed by atoms with E-state index < -0.39 is 0 Å². The molecule has 1 atom stereocenters. The van der Waals surface area contributed by atoms with Crippen LogP contribution in [0, 0.1) is 6.92 Å². The highest BCUT2D eigenvalue weighted by molar-refractivity contribution is 5.40. The van der Waals surface area contributed by atoms with E-state index in [0.29, 0.717) is 0 Å². The van der Waals surface area contributed by atoms with Crippen LogP contribution in [0.4, 0.5) is 0 Å². The first-order valence-electron chi connectivity index (χ1n) is 6.66. The fourth-order valence-electron chi connectivity index (χ4n) is 2.48. The molecule has 0 spiro atoms. The quantitative estimate of drug-likeness (QED) is 0.908. The Bertz CT molecular complexity index is 577. The normalized spacial score (nSPS) is 17.3. The van der Waals surface area contributed by atoms with Crippen molar-refractivity contribution in [2.75, 3.05) is 6.54 Å². The van der Waals surface area contributed by atoms with Gasteiger partial charge in [0.25, 0.3) is 0 Å². The molecule has 3 rings (SSSR count). The molecule has 0 bridgehead atoms. The lowest BCUT2D eigenvalue weighted by Gasteiger charge is -2.10. The SMILES string of the molecule is Cc1ccc2c(c1)CC(CNCc1ccn(C)n1)O2. The molecule has 0 fully saturated rings. The minimum atomic E-state index is 0.237. The third kappa shape index (κ3) is 2.79. The molecule has 0 aliphatic carbocycles. The molecule has 0 saturated carbocycles. The predicted octanol–water partition coefficient (Wildman–Crippen LogP) is 1.82. The standard InChI is InChI=1S/C15H19N3O/c1-11-3-4-15-12(7-11)8-14(19-15)10-16-9-13-5-6-18(2)17-13/h3-7,14,16H,8-10H2,1-2H3. The minimum absolute atomic E-state index is 0.237. The van der Waals surface area contributed by atoms with Gasteiger partial charge in [-0.05, 0) is 24.6 Å². The number of ether oxygens (including phenoxy) is 1. The maximum Gasteiger partial charge on any atom is 0.123 e. The van der Waals surface area contributed by atoms with E-state index in [1.807, 2.05) is 24.0 Å². The molecule has 0 saturated heterocycles. The average molecular weight is 257 g/mol. The van der Waals surface area contributed by atoms with Crippen LogP contribution in [0.3, 0.4) is 0 Å². The second kappa shape index (κ2) is 5.05. The summed E-state index contributed by atoms with van der Waals surface area (Å²) in [7, 11) is 1.93. The van der Waals surface area contributed by atoms with Crippen LogP contribution in [-0.4, -0.2) is 22.4 Å². The topological polar surface area (TPSA) is 39.1 Å². The Hall–Kier alpha value is -1.81. The lowest BCUT2D eigenvalue weighted by atomic mass is 10.1. The molecule has 4 heteroatoms. The highest BCUT2D eigenvalue weighted by atomic mass is 16.5. The van der Waals surface area contributed by atoms with Crippen LogP contribution in [0.15, 0.2) is 30.5 Å². The molecule has 1 aliphatic heterocycles. The molecule has 100 valence electrons. The van der Waals surface area contributed by atoms with Gasteiger partial charge in [-0.25, -0.2) is 0 Å². The molecule has 0 amide bonds. The largest absolute Gasteiger partial charge is 0.488 e. The number of rotatable bonds is 4. The van der Waals surface area contributed by atoms with Crippen LogP contribution in [0.5, 0.6) is 5.75 Å². The van der Waals surface area contributed by atoms with Gasteiger partial charge in [-0.1, -0.05) is 17.7 Å². The van der Waals surface area contributed by atoms with Gasteiger partial charge in [0.05, 0.1) is 5.69 Å². The Morgan fingerprint density at radius 1 is 1.42 bits per heavy atom. The van der Waals surface area contributed by atoms with Gasteiger partial charge >= 0.3 is 0 Å². The van der Waals surface area contributed by atoms with E-state index in [1.165, 1.54) is 11.1 Å². The fraction of sp³-hybridized carbons (Fsp3) is 0.400. The number of hydrogen-bond donors (Lipinski definition) is 1. The molecule has 19 heavy (non-hydrogen) atoms. The van der Waals surface area contributed by atoms with E-state index in [2.05, 4.69) is 35.5 Å². The van der Waals surface area contributed by atoms with Crippen molar-refractivity contribution < 1.29 is 4.74 Å². The number of nitrogens with zero attached hydrogens (tertiary/aromatic N) is 2. The summed E-state index contributed by atoms with van der Waals surface area (Å²) in [4.78, 5) is 0. The summed E-state index contributed by atoms with van der Waals surface area (Å²) in [6, 6.07) is 8.42. The molecule has 1 aromatic heterocycles. The number of benzene rings is 1. The lowest BCUT2D eigenvalue weighted by Crippen LogP contribution is -2.29. The molecule has 1 N–H and O–H groups in total. The number of fused-ring (bicyclic) bond motifs is 1. The van der Waals surface area contributed by atoms with Gasteiger partial charge in [0.15, 0.2) is 0 Å². The molecule has 1 unspecified atom stereocenters. The van der Waals surface area contributed by atoms with Crippen LogP contribution in [-0.2, 0) is 20.0 Å². The molecule has 2 aromatic rings. The minimum Gasteiger partial charge on any atom is -0.488 e. The number of aromatic nitrogens is 2. The lowest BCUT2D eigenvalue weighted by molar-refractivity contribution is 0.227. The predicted molar refractivity (Wildman–Crippen MR) is 74.2 cm³/mol. The van der Waals surface area contributed by atoms with Crippen molar-refractivity contribution in [2.24, 2.45) is 7.05 Å². The van der Waals surface area contributed by atoms with Gasteiger partial charge in [0.1, 0.15) is 11.9 Å². The van der Waals surface area contributed by atoms with Gasteiger partial charge in [0, 0.05) is 32.8 Å². The summed E-state index contributed by atoms with van der Waals surface area (Å²) < 4.78 is 7.74. The second-order valence-electron chi connectivity index (χ2n) is 5.17. The molecule has 0 radical (unpaired) electrons. The summed E-state index contributed by atoms with van der Waals surface area (Å²) in [6.07, 6.45) is 3.19. The van der Waals surface area contributed by atoms with Crippen molar-refractivity contribution in [3.05, 3.63) is 47.3 Å². The van der Waals surface area contributed by atoms with Gasteiger partial charge in [-0.15, -0.1) is 0 Å². The molecular formula is C15H19N3O. The van der Waals surface area contributed by atoms with E-state index in [9.17, 15) is 0 Å². The maximum atomic E-state index is 5.92. The Morgan fingerprint density at radius 3 is 3.11 bits per heavy atom. The third-order valence-corrected chi connectivity index (χ3v) is 3.40. The van der Waals surface area contributed by atoms with Gasteiger partial charge in [0.2, 0.25) is 0 Å². The third-order valence-electron chi connectivity index (χ3n) is 3.40. The van der Waals surface area contributed by atoms with Crippen LogP contribution >= 0.6 is 0 Å². The molecule has 1 aliphatic rings. The van der Waals surface area contributed by atoms with Crippen LogP contribution in [0.1, 0.15) is 16.8 Å². The Labute approximate surface area is 113 Å². The van der Waals surface area contributed by atoms with Gasteiger partial charge < -0.3 is 10.1 Å². The number of hydrogen-bond acceptors (Lipinski definition) is 3.